The molecular formula is C15H16FN5O2. The minimum absolute atomic E-state index is 0.186. The SMILES string of the molecule is Cc1nccn1-c1ccc(CNC(=O)[C@H]2CNC(=O)N2)cc1F. The summed E-state index contributed by atoms with van der Waals surface area (Å²) in [6.45, 7) is 2.22. The van der Waals surface area contributed by atoms with Crippen molar-refractivity contribution in [1.82, 2.24) is 25.5 Å². The second-order valence-electron chi connectivity index (χ2n) is 5.25. The first-order valence-electron chi connectivity index (χ1n) is 7.15. The number of aryl methyl sites for hydroxylation is 1. The number of nitrogens with zero attached hydrogens (tertiary/aromatic N) is 2. The summed E-state index contributed by atoms with van der Waals surface area (Å²) in [5, 5.41) is 7.67. The monoisotopic (exact) mass is 317 g/mol. The van der Waals surface area contributed by atoms with E-state index in [2.05, 4.69) is 20.9 Å². The molecule has 1 saturated heterocycles. The molecule has 0 spiro atoms. The van der Waals surface area contributed by atoms with Crippen LogP contribution in [0.15, 0.2) is 30.6 Å². The Morgan fingerprint density at radius 1 is 1.52 bits per heavy atom. The normalized spacial score (nSPS) is 16.8. The molecule has 1 aromatic carbocycles. The first kappa shape index (κ1) is 15.0. The summed E-state index contributed by atoms with van der Waals surface area (Å²) in [5.74, 6) is -0.0126. The Bertz CT molecular complexity index is 758. The lowest BCUT2D eigenvalue weighted by Crippen LogP contribution is -2.42. The minimum Gasteiger partial charge on any atom is -0.350 e. The fourth-order valence-electron chi connectivity index (χ4n) is 2.41. The molecule has 2 aromatic rings. The molecule has 2 heterocycles. The number of benzene rings is 1. The molecule has 23 heavy (non-hydrogen) atoms. The predicted octanol–water partition coefficient (Wildman–Crippen LogP) is 0.617. The van der Waals surface area contributed by atoms with Gasteiger partial charge in [0.1, 0.15) is 17.7 Å². The van der Waals surface area contributed by atoms with E-state index in [1.165, 1.54) is 6.07 Å². The maximum atomic E-state index is 14.2. The molecule has 1 aliphatic rings. The van der Waals surface area contributed by atoms with Crippen LogP contribution in [0.3, 0.4) is 0 Å². The molecule has 120 valence electrons. The fourth-order valence-corrected chi connectivity index (χ4v) is 2.41. The van der Waals surface area contributed by atoms with Crippen LogP contribution in [-0.4, -0.2) is 34.1 Å². The van der Waals surface area contributed by atoms with Crippen molar-refractivity contribution in [2.24, 2.45) is 0 Å². The van der Waals surface area contributed by atoms with Crippen LogP contribution in [0.25, 0.3) is 5.69 Å². The van der Waals surface area contributed by atoms with Crippen molar-refractivity contribution in [2.45, 2.75) is 19.5 Å². The Balaban J connectivity index is 1.65. The molecule has 7 nitrogen and oxygen atoms in total. The third kappa shape index (κ3) is 3.15. The van der Waals surface area contributed by atoms with E-state index in [0.29, 0.717) is 17.1 Å². The van der Waals surface area contributed by atoms with Gasteiger partial charge in [-0.05, 0) is 24.6 Å². The van der Waals surface area contributed by atoms with Gasteiger partial charge in [0, 0.05) is 25.5 Å². The summed E-state index contributed by atoms with van der Waals surface area (Å²) in [6.07, 6.45) is 3.29. The van der Waals surface area contributed by atoms with Gasteiger partial charge in [-0.25, -0.2) is 14.2 Å². The van der Waals surface area contributed by atoms with Crippen LogP contribution in [0.5, 0.6) is 0 Å². The van der Waals surface area contributed by atoms with Crippen LogP contribution in [0.4, 0.5) is 9.18 Å². The number of carbonyl (C=O) groups excluding carboxylic acids is 2. The van der Waals surface area contributed by atoms with E-state index in [4.69, 9.17) is 0 Å². The lowest BCUT2D eigenvalue weighted by molar-refractivity contribution is -0.122. The number of carbonyl (C=O) groups is 2. The third-order valence-electron chi connectivity index (χ3n) is 3.65. The van der Waals surface area contributed by atoms with E-state index >= 15 is 0 Å². The van der Waals surface area contributed by atoms with Crippen LogP contribution in [0.1, 0.15) is 11.4 Å². The van der Waals surface area contributed by atoms with Crippen molar-refractivity contribution >= 4 is 11.9 Å². The highest BCUT2D eigenvalue weighted by Gasteiger charge is 2.26. The van der Waals surface area contributed by atoms with Gasteiger partial charge in [-0.15, -0.1) is 0 Å². The molecule has 0 radical (unpaired) electrons. The van der Waals surface area contributed by atoms with Gasteiger partial charge in [-0.1, -0.05) is 6.07 Å². The highest BCUT2D eigenvalue weighted by molar-refractivity contribution is 5.90. The highest BCUT2D eigenvalue weighted by atomic mass is 19.1. The van der Waals surface area contributed by atoms with E-state index in [0.717, 1.165) is 0 Å². The number of rotatable bonds is 4. The molecule has 1 aliphatic heterocycles. The lowest BCUT2D eigenvalue weighted by Gasteiger charge is -2.11. The second kappa shape index (κ2) is 6.07. The predicted molar refractivity (Wildman–Crippen MR) is 80.4 cm³/mol. The number of halogens is 1. The molecule has 3 N–H and O–H groups in total. The minimum atomic E-state index is -0.597. The van der Waals surface area contributed by atoms with E-state index in [9.17, 15) is 14.0 Å². The molecule has 1 aromatic heterocycles. The molecule has 8 heteroatoms. The number of urea groups is 1. The van der Waals surface area contributed by atoms with Crippen molar-refractivity contribution in [3.05, 3.63) is 47.8 Å². The summed E-state index contributed by atoms with van der Waals surface area (Å²) in [4.78, 5) is 26.9. The van der Waals surface area contributed by atoms with Crippen molar-refractivity contribution < 1.29 is 14.0 Å². The topological polar surface area (TPSA) is 88.1 Å². The van der Waals surface area contributed by atoms with Crippen molar-refractivity contribution in [3.8, 4) is 5.69 Å². The first-order valence-corrected chi connectivity index (χ1v) is 7.15. The number of amides is 3. The van der Waals surface area contributed by atoms with Gasteiger partial charge in [-0.2, -0.15) is 0 Å². The summed E-state index contributed by atoms with van der Waals surface area (Å²) in [7, 11) is 0. The summed E-state index contributed by atoms with van der Waals surface area (Å²) >= 11 is 0. The molecule has 0 aliphatic carbocycles. The Morgan fingerprint density at radius 2 is 2.35 bits per heavy atom. The highest BCUT2D eigenvalue weighted by Crippen LogP contribution is 2.16. The van der Waals surface area contributed by atoms with Crippen molar-refractivity contribution in [2.75, 3.05) is 6.54 Å². The maximum Gasteiger partial charge on any atom is 0.315 e. The second-order valence-corrected chi connectivity index (χ2v) is 5.25. The lowest BCUT2D eigenvalue weighted by atomic mass is 10.2. The number of hydrogen-bond donors (Lipinski definition) is 3. The zero-order valence-corrected chi connectivity index (χ0v) is 12.5. The van der Waals surface area contributed by atoms with Gasteiger partial charge in [0.2, 0.25) is 5.91 Å². The Hall–Kier alpha value is -2.90. The van der Waals surface area contributed by atoms with Gasteiger partial charge >= 0.3 is 6.03 Å². The summed E-state index contributed by atoms with van der Waals surface area (Å²) in [6, 6.07) is 3.80. The zero-order valence-electron chi connectivity index (χ0n) is 12.5. The average Bonchev–Trinajstić information content (AvgIpc) is 3.14. The van der Waals surface area contributed by atoms with E-state index in [-0.39, 0.29) is 25.0 Å². The third-order valence-corrected chi connectivity index (χ3v) is 3.65. The van der Waals surface area contributed by atoms with E-state index in [1.54, 1.807) is 36.0 Å². The maximum absolute atomic E-state index is 14.2. The number of nitrogens with one attached hydrogen (secondary N) is 3. The molecule has 0 unspecified atom stereocenters. The average molecular weight is 317 g/mol. The molecular weight excluding hydrogens is 301 g/mol. The largest absolute Gasteiger partial charge is 0.350 e. The molecule has 3 amide bonds. The van der Waals surface area contributed by atoms with E-state index < -0.39 is 11.9 Å². The fraction of sp³-hybridized carbons (Fsp3) is 0.267. The van der Waals surface area contributed by atoms with Crippen LogP contribution >= 0.6 is 0 Å². The number of hydrogen-bond acceptors (Lipinski definition) is 3. The Kier molecular flexibility index (Phi) is 3.96. The summed E-state index contributed by atoms with van der Waals surface area (Å²) < 4.78 is 15.9. The molecule has 3 rings (SSSR count). The van der Waals surface area contributed by atoms with Crippen LogP contribution in [0, 0.1) is 12.7 Å². The molecule has 0 bridgehead atoms. The van der Waals surface area contributed by atoms with E-state index in [1.807, 2.05) is 0 Å². The van der Waals surface area contributed by atoms with Gasteiger partial charge in [0.15, 0.2) is 0 Å². The molecule has 1 fully saturated rings. The first-order chi connectivity index (χ1) is 11.0. The molecule has 1 atom stereocenters. The van der Waals surface area contributed by atoms with Crippen LogP contribution in [-0.2, 0) is 11.3 Å². The quantitative estimate of drug-likeness (QED) is 0.772. The Morgan fingerprint density at radius 3 is 2.96 bits per heavy atom. The van der Waals surface area contributed by atoms with Crippen LogP contribution in [0.2, 0.25) is 0 Å². The Labute approximate surface area is 131 Å². The van der Waals surface area contributed by atoms with Gasteiger partial charge in [0.25, 0.3) is 0 Å². The summed E-state index contributed by atoms with van der Waals surface area (Å²) in [5.41, 5.74) is 1.04. The van der Waals surface area contributed by atoms with Gasteiger partial charge in [0.05, 0.1) is 5.69 Å². The number of aromatic nitrogens is 2. The van der Waals surface area contributed by atoms with Crippen molar-refractivity contribution in [1.29, 1.82) is 0 Å². The zero-order chi connectivity index (χ0) is 16.4. The van der Waals surface area contributed by atoms with Gasteiger partial charge in [-0.3, -0.25) is 4.79 Å². The smallest absolute Gasteiger partial charge is 0.315 e. The van der Waals surface area contributed by atoms with Crippen LogP contribution < -0.4 is 16.0 Å². The molecule has 0 saturated carbocycles. The van der Waals surface area contributed by atoms with Gasteiger partial charge < -0.3 is 20.5 Å². The number of imidazole rings is 1. The standard InChI is InChI=1S/C15H16FN5O2/c1-9-17-4-5-21(9)13-3-2-10(6-11(13)16)7-18-14(22)12-8-19-15(23)20-12/h2-6,12H,7-8H2,1H3,(H,18,22)(H2,19,20,23)/t12-/m1/s1. The van der Waals surface area contributed by atoms with Crippen molar-refractivity contribution in [3.63, 3.8) is 0 Å².